The molecule has 104 valence electrons. The largest absolute Gasteiger partial charge is 0.444 e. The first-order valence-electron chi connectivity index (χ1n) is 6.84. The average Bonchev–Trinajstić information content (AvgIpc) is 2.60. The summed E-state index contributed by atoms with van der Waals surface area (Å²) in [6.45, 7) is 9.10. The molecular formula is C13H25N3O2. The van der Waals surface area contributed by atoms with Crippen LogP contribution in [0.25, 0.3) is 0 Å². The topological polar surface area (TPSA) is 58.8 Å². The lowest BCUT2D eigenvalue weighted by atomic mass is 10.1. The van der Waals surface area contributed by atoms with E-state index in [2.05, 4.69) is 4.90 Å². The molecule has 2 rings (SSSR count). The molecule has 2 aliphatic rings. The predicted octanol–water partition coefficient (Wildman–Crippen LogP) is 1.03. The summed E-state index contributed by atoms with van der Waals surface area (Å²) in [6, 6.07) is 0.990. The lowest BCUT2D eigenvalue weighted by Crippen LogP contribution is -2.63. The molecule has 2 heterocycles. The molecule has 18 heavy (non-hydrogen) atoms. The Morgan fingerprint density at radius 1 is 1.39 bits per heavy atom. The summed E-state index contributed by atoms with van der Waals surface area (Å²) < 4.78 is 5.35. The molecule has 2 saturated heterocycles. The van der Waals surface area contributed by atoms with Gasteiger partial charge in [0, 0.05) is 31.7 Å². The first-order valence-corrected chi connectivity index (χ1v) is 6.84. The van der Waals surface area contributed by atoms with Crippen LogP contribution in [0.15, 0.2) is 0 Å². The van der Waals surface area contributed by atoms with E-state index < -0.39 is 5.60 Å². The molecule has 0 bridgehead atoms. The molecule has 5 nitrogen and oxygen atoms in total. The van der Waals surface area contributed by atoms with Crippen LogP contribution in [0, 0.1) is 0 Å². The molecule has 0 aromatic rings. The third-order valence-corrected chi connectivity index (χ3v) is 3.68. The van der Waals surface area contributed by atoms with Crippen molar-refractivity contribution in [1.29, 1.82) is 0 Å². The maximum absolute atomic E-state index is 11.8. The van der Waals surface area contributed by atoms with E-state index in [1.807, 2.05) is 20.8 Å². The second kappa shape index (κ2) is 5.05. The molecule has 0 saturated carbocycles. The van der Waals surface area contributed by atoms with Gasteiger partial charge >= 0.3 is 6.09 Å². The third kappa shape index (κ3) is 2.95. The van der Waals surface area contributed by atoms with E-state index in [9.17, 15) is 4.79 Å². The Kier molecular flexibility index (Phi) is 3.82. The van der Waals surface area contributed by atoms with Gasteiger partial charge in [-0.3, -0.25) is 4.90 Å². The molecule has 1 atom stereocenters. The summed E-state index contributed by atoms with van der Waals surface area (Å²) >= 11 is 0. The lowest BCUT2D eigenvalue weighted by Gasteiger charge is -2.45. The third-order valence-electron chi connectivity index (χ3n) is 3.68. The molecule has 1 amide bonds. The quantitative estimate of drug-likeness (QED) is 0.800. The predicted molar refractivity (Wildman–Crippen MR) is 70.4 cm³/mol. The highest BCUT2D eigenvalue weighted by atomic mass is 16.6. The van der Waals surface area contributed by atoms with E-state index in [0.717, 1.165) is 26.2 Å². The summed E-state index contributed by atoms with van der Waals surface area (Å²) in [5.74, 6) is 0. The number of nitrogens with zero attached hydrogens (tertiary/aromatic N) is 2. The smallest absolute Gasteiger partial charge is 0.410 e. The van der Waals surface area contributed by atoms with Crippen molar-refractivity contribution < 1.29 is 9.53 Å². The Balaban J connectivity index is 1.78. The zero-order chi connectivity index (χ0) is 13.3. The van der Waals surface area contributed by atoms with E-state index in [1.165, 1.54) is 12.8 Å². The standard InChI is InChI=1S/C13H25N3O2/c1-13(2,3)18-12(17)15-8-11(9-15)16-6-4-5-10(16)7-14/h10-11H,4-9,14H2,1-3H3/t10-/m0/s1. The molecule has 0 aliphatic carbocycles. The maximum Gasteiger partial charge on any atom is 0.410 e. The highest BCUT2D eigenvalue weighted by molar-refractivity contribution is 5.69. The Bertz CT molecular complexity index is 308. The van der Waals surface area contributed by atoms with Gasteiger partial charge in [0.05, 0.1) is 0 Å². The van der Waals surface area contributed by atoms with Crippen molar-refractivity contribution in [2.24, 2.45) is 5.73 Å². The van der Waals surface area contributed by atoms with Crippen LogP contribution in [-0.4, -0.2) is 59.8 Å². The van der Waals surface area contributed by atoms with Crippen LogP contribution < -0.4 is 5.73 Å². The van der Waals surface area contributed by atoms with Gasteiger partial charge < -0.3 is 15.4 Å². The van der Waals surface area contributed by atoms with Crippen LogP contribution >= 0.6 is 0 Å². The minimum Gasteiger partial charge on any atom is -0.444 e. The van der Waals surface area contributed by atoms with Crippen molar-refractivity contribution in [3.05, 3.63) is 0 Å². The Morgan fingerprint density at radius 2 is 2.06 bits per heavy atom. The van der Waals surface area contributed by atoms with Crippen LogP contribution in [0.5, 0.6) is 0 Å². The fraction of sp³-hybridized carbons (Fsp3) is 0.923. The monoisotopic (exact) mass is 255 g/mol. The molecule has 0 spiro atoms. The number of carbonyl (C=O) groups is 1. The average molecular weight is 255 g/mol. The van der Waals surface area contributed by atoms with Crippen molar-refractivity contribution in [3.8, 4) is 0 Å². The number of ether oxygens (including phenoxy) is 1. The second-order valence-corrected chi connectivity index (χ2v) is 6.31. The summed E-state index contributed by atoms with van der Waals surface area (Å²) in [5.41, 5.74) is 5.36. The van der Waals surface area contributed by atoms with Gasteiger partial charge in [0.15, 0.2) is 0 Å². The molecule has 2 fully saturated rings. The molecule has 0 aromatic carbocycles. The highest BCUT2D eigenvalue weighted by Crippen LogP contribution is 2.25. The number of hydrogen-bond acceptors (Lipinski definition) is 4. The molecule has 0 aromatic heterocycles. The van der Waals surface area contributed by atoms with Gasteiger partial charge in [0.2, 0.25) is 0 Å². The molecule has 0 unspecified atom stereocenters. The fourth-order valence-corrected chi connectivity index (χ4v) is 2.73. The number of likely N-dealkylation sites (tertiary alicyclic amines) is 2. The van der Waals surface area contributed by atoms with E-state index in [-0.39, 0.29) is 6.09 Å². The van der Waals surface area contributed by atoms with E-state index in [0.29, 0.717) is 12.1 Å². The van der Waals surface area contributed by atoms with Gasteiger partial charge in [0.25, 0.3) is 0 Å². The van der Waals surface area contributed by atoms with Crippen molar-refractivity contribution in [3.63, 3.8) is 0 Å². The number of nitrogens with two attached hydrogens (primary N) is 1. The Morgan fingerprint density at radius 3 is 2.61 bits per heavy atom. The van der Waals surface area contributed by atoms with E-state index in [4.69, 9.17) is 10.5 Å². The summed E-state index contributed by atoms with van der Waals surface area (Å²) in [7, 11) is 0. The number of carbonyl (C=O) groups excluding carboxylic acids is 1. The maximum atomic E-state index is 11.8. The van der Waals surface area contributed by atoms with Gasteiger partial charge in [0.1, 0.15) is 5.60 Å². The van der Waals surface area contributed by atoms with Gasteiger partial charge in [-0.2, -0.15) is 0 Å². The SMILES string of the molecule is CC(C)(C)OC(=O)N1CC(N2CCC[C@H]2CN)C1. The number of rotatable bonds is 2. The van der Waals surface area contributed by atoms with Crippen LogP contribution in [0.4, 0.5) is 4.79 Å². The van der Waals surface area contributed by atoms with Crippen LogP contribution in [0.1, 0.15) is 33.6 Å². The normalized spacial score (nSPS) is 26.2. The van der Waals surface area contributed by atoms with Crippen molar-refractivity contribution in [2.45, 2.75) is 51.3 Å². The zero-order valence-electron chi connectivity index (χ0n) is 11.7. The van der Waals surface area contributed by atoms with Crippen LogP contribution in [0.2, 0.25) is 0 Å². The highest BCUT2D eigenvalue weighted by Gasteiger charge is 2.40. The molecule has 2 N–H and O–H groups in total. The van der Waals surface area contributed by atoms with Crippen molar-refractivity contribution >= 4 is 6.09 Å². The first-order chi connectivity index (χ1) is 8.40. The summed E-state index contributed by atoms with van der Waals surface area (Å²) in [6.07, 6.45) is 2.23. The zero-order valence-corrected chi connectivity index (χ0v) is 11.7. The molecule has 5 heteroatoms. The number of amides is 1. The summed E-state index contributed by atoms with van der Waals surface area (Å²) in [5, 5.41) is 0. The van der Waals surface area contributed by atoms with Gasteiger partial charge in [-0.1, -0.05) is 0 Å². The van der Waals surface area contributed by atoms with Gasteiger partial charge in [-0.15, -0.1) is 0 Å². The second-order valence-electron chi connectivity index (χ2n) is 6.31. The molecular weight excluding hydrogens is 230 g/mol. The first kappa shape index (κ1) is 13.6. The molecule has 2 aliphatic heterocycles. The van der Waals surface area contributed by atoms with E-state index >= 15 is 0 Å². The van der Waals surface area contributed by atoms with Gasteiger partial charge in [-0.25, -0.2) is 4.79 Å². The fourth-order valence-electron chi connectivity index (χ4n) is 2.73. The Hall–Kier alpha value is -0.810. The lowest BCUT2D eigenvalue weighted by molar-refractivity contribution is -0.0172. The van der Waals surface area contributed by atoms with Crippen molar-refractivity contribution in [1.82, 2.24) is 9.80 Å². The summed E-state index contributed by atoms with van der Waals surface area (Å²) in [4.78, 5) is 16.1. The minimum absolute atomic E-state index is 0.192. The molecule has 0 radical (unpaired) electrons. The van der Waals surface area contributed by atoms with Crippen molar-refractivity contribution in [2.75, 3.05) is 26.2 Å². The Labute approximate surface area is 109 Å². The van der Waals surface area contributed by atoms with Crippen LogP contribution in [-0.2, 0) is 4.74 Å². The van der Waals surface area contributed by atoms with Crippen LogP contribution in [0.3, 0.4) is 0 Å². The number of hydrogen-bond donors (Lipinski definition) is 1. The van der Waals surface area contributed by atoms with E-state index in [1.54, 1.807) is 4.90 Å². The van der Waals surface area contributed by atoms with Gasteiger partial charge in [-0.05, 0) is 40.2 Å². The minimum atomic E-state index is -0.407.